The van der Waals surface area contributed by atoms with Gasteiger partial charge in [0.2, 0.25) is 11.8 Å². The zero-order chi connectivity index (χ0) is 25.2. The molecule has 0 N–H and O–H groups in total. The van der Waals surface area contributed by atoms with E-state index in [1.807, 2.05) is 0 Å². The van der Waals surface area contributed by atoms with Crippen LogP contribution in [-0.2, 0) is 27.6 Å². The van der Waals surface area contributed by atoms with Gasteiger partial charge in [-0.2, -0.15) is 0 Å². The molecule has 1 aliphatic rings. The van der Waals surface area contributed by atoms with Crippen molar-refractivity contribution in [2.24, 2.45) is 0 Å². The Kier molecular flexibility index (Phi) is 6.93. The number of carbonyl (C=O) groups excluding carboxylic acids is 1. The van der Waals surface area contributed by atoms with Crippen molar-refractivity contribution in [2.45, 2.75) is 19.0 Å². The van der Waals surface area contributed by atoms with E-state index in [2.05, 4.69) is 4.98 Å². The Balaban J connectivity index is 1.58. The molecule has 0 saturated heterocycles. The van der Waals surface area contributed by atoms with Crippen molar-refractivity contribution in [3.05, 3.63) is 94.8 Å². The summed E-state index contributed by atoms with van der Waals surface area (Å²) in [4.78, 5) is 18.6. The molecule has 3 aromatic rings. The number of sulfone groups is 1. The highest BCUT2D eigenvalue weighted by molar-refractivity contribution is 7.94. The van der Waals surface area contributed by atoms with Crippen LogP contribution in [0.5, 0.6) is 5.88 Å². The minimum absolute atomic E-state index is 0.0663. The average Bonchev–Trinajstić information content (AvgIpc) is 3.19. The van der Waals surface area contributed by atoms with Crippen LogP contribution in [-0.4, -0.2) is 43.1 Å². The fraction of sp³-hybridized carbons (Fsp3) is 0.200. The quantitative estimate of drug-likeness (QED) is 0.487. The molecular weight excluding hydrogens is 481 g/mol. The first-order valence-corrected chi connectivity index (χ1v) is 12.3. The molecule has 35 heavy (non-hydrogen) atoms. The summed E-state index contributed by atoms with van der Waals surface area (Å²) in [5, 5.41) is 1.07. The van der Waals surface area contributed by atoms with Crippen LogP contribution in [0.3, 0.4) is 0 Å². The second-order valence-corrected chi connectivity index (χ2v) is 10.00. The molecule has 1 amide bonds. The van der Waals surface area contributed by atoms with Crippen molar-refractivity contribution in [3.8, 4) is 17.0 Å². The van der Waals surface area contributed by atoms with Crippen molar-refractivity contribution >= 4 is 15.7 Å². The van der Waals surface area contributed by atoms with Gasteiger partial charge in [-0.25, -0.2) is 26.6 Å². The minimum atomic E-state index is -3.45. The molecule has 2 heterocycles. The number of benzene rings is 2. The molecule has 0 fully saturated rings. The molecular formula is C25H21F3N2O4S. The highest BCUT2D eigenvalue weighted by atomic mass is 32.2. The molecule has 1 unspecified atom stereocenters. The Morgan fingerprint density at radius 1 is 1.03 bits per heavy atom. The molecule has 1 aliphatic heterocycles. The number of rotatable bonds is 7. The maximum absolute atomic E-state index is 14.9. The summed E-state index contributed by atoms with van der Waals surface area (Å²) in [5.74, 6) is -3.16. The van der Waals surface area contributed by atoms with Gasteiger partial charge in [0.1, 0.15) is 5.82 Å². The van der Waals surface area contributed by atoms with E-state index in [-0.39, 0.29) is 29.8 Å². The van der Waals surface area contributed by atoms with E-state index < -0.39 is 39.2 Å². The predicted octanol–water partition coefficient (Wildman–Crippen LogP) is 4.06. The summed E-state index contributed by atoms with van der Waals surface area (Å²) in [6, 6.07) is 9.90. The van der Waals surface area contributed by atoms with E-state index in [0.717, 1.165) is 23.6 Å². The lowest BCUT2D eigenvalue weighted by atomic mass is 10.0. The van der Waals surface area contributed by atoms with E-state index in [1.54, 1.807) is 12.1 Å². The van der Waals surface area contributed by atoms with Crippen LogP contribution in [0.2, 0.25) is 0 Å². The molecule has 182 valence electrons. The van der Waals surface area contributed by atoms with E-state index in [1.165, 1.54) is 42.5 Å². The number of hydrogen-bond acceptors (Lipinski definition) is 5. The molecule has 1 atom stereocenters. The first-order chi connectivity index (χ1) is 16.6. The van der Waals surface area contributed by atoms with Gasteiger partial charge in [-0.05, 0) is 52.6 Å². The number of aromatic nitrogens is 1. The normalized spacial score (nSPS) is 16.3. The lowest BCUT2D eigenvalue weighted by Gasteiger charge is -2.28. The number of carbonyl (C=O) groups is 1. The second kappa shape index (κ2) is 9.91. The molecule has 0 bridgehead atoms. The van der Waals surface area contributed by atoms with Gasteiger partial charge in [-0.1, -0.05) is 18.2 Å². The largest absolute Gasteiger partial charge is 0.481 e. The van der Waals surface area contributed by atoms with Crippen molar-refractivity contribution in [1.29, 1.82) is 0 Å². The van der Waals surface area contributed by atoms with E-state index in [9.17, 15) is 26.4 Å². The topological polar surface area (TPSA) is 76.6 Å². The van der Waals surface area contributed by atoms with Crippen LogP contribution in [0, 0.1) is 17.5 Å². The van der Waals surface area contributed by atoms with Gasteiger partial charge < -0.3 is 9.64 Å². The second-order valence-electron chi connectivity index (χ2n) is 8.07. The van der Waals surface area contributed by atoms with Gasteiger partial charge in [-0.15, -0.1) is 0 Å². The van der Waals surface area contributed by atoms with Crippen molar-refractivity contribution in [3.63, 3.8) is 0 Å². The Labute approximate surface area is 200 Å². The van der Waals surface area contributed by atoms with Crippen LogP contribution in [0.4, 0.5) is 13.2 Å². The Bertz CT molecular complexity index is 1410. The third-order valence-corrected chi connectivity index (χ3v) is 7.02. The smallest absolute Gasteiger partial charge is 0.227 e. The molecule has 0 saturated carbocycles. The SMILES string of the molecule is COc1cc(CN(C(=O)Cc2ccc(-c3ccc(F)c(F)c3)cc2F)C2C=CS(=O)(=O)C2)ccn1. The number of methoxy groups -OCH3 is 1. The summed E-state index contributed by atoms with van der Waals surface area (Å²) in [5.41, 5.74) is 1.36. The van der Waals surface area contributed by atoms with Gasteiger partial charge >= 0.3 is 0 Å². The highest BCUT2D eigenvalue weighted by Crippen LogP contribution is 2.25. The predicted molar refractivity (Wildman–Crippen MR) is 124 cm³/mol. The van der Waals surface area contributed by atoms with E-state index >= 15 is 0 Å². The van der Waals surface area contributed by atoms with Gasteiger partial charge in [0.25, 0.3) is 0 Å². The minimum Gasteiger partial charge on any atom is -0.481 e. The third kappa shape index (κ3) is 5.71. The Morgan fingerprint density at radius 3 is 2.37 bits per heavy atom. The first-order valence-electron chi connectivity index (χ1n) is 10.6. The van der Waals surface area contributed by atoms with Crippen molar-refractivity contribution < 1.29 is 31.1 Å². The Hall–Kier alpha value is -3.66. The van der Waals surface area contributed by atoms with Crippen molar-refractivity contribution in [1.82, 2.24) is 9.88 Å². The van der Waals surface area contributed by atoms with Crippen LogP contribution in [0.15, 0.2) is 66.2 Å². The first kappa shape index (κ1) is 24.5. The molecule has 2 aromatic carbocycles. The molecule has 1 aromatic heterocycles. The fourth-order valence-electron chi connectivity index (χ4n) is 3.81. The van der Waals surface area contributed by atoms with Gasteiger partial charge in [0.05, 0.1) is 25.3 Å². The maximum atomic E-state index is 14.9. The molecule has 0 spiro atoms. The monoisotopic (exact) mass is 502 g/mol. The summed E-state index contributed by atoms with van der Waals surface area (Å²) in [6.45, 7) is 0.0663. The van der Waals surface area contributed by atoms with Crippen LogP contribution < -0.4 is 4.74 Å². The van der Waals surface area contributed by atoms with Crippen LogP contribution in [0.25, 0.3) is 11.1 Å². The molecule has 0 radical (unpaired) electrons. The molecule has 4 rings (SSSR count). The zero-order valence-corrected chi connectivity index (χ0v) is 19.4. The summed E-state index contributed by atoms with van der Waals surface area (Å²) in [6.07, 6.45) is 2.62. The van der Waals surface area contributed by atoms with Crippen LogP contribution in [0.1, 0.15) is 11.1 Å². The number of pyridine rings is 1. The number of halogens is 3. The summed E-state index contributed by atoms with van der Waals surface area (Å²) < 4.78 is 70.7. The lowest BCUT2D eigenvalue weighted by molar-refractivity contribution is -0.132. The number of amides is 1. The molecule has 6 nitrogen and oxygen atoms in total. The van der Waals surface area contributed by atoms with Gasteiger partial charge in [0, 0.05) is 24.2 Å². The van der Waals surface area contributed by atoms with E-state index in [4.69, 9.17) is 4.74 Å². The number of ether oxygens (including phenoxy) is 1. The summed E-state index contributed by atoms with van der Waals surface area (Å²) in [7, 11) is -1.99. The molecule has 10 heteroatoms. The van der Waals surface area contributed by atoms with Crippen molar-refractivity contribution in [2.75, 3.05) is 12.9 Å². The lowest BCUT2D eigenvalue weighted by Crippen LogP contribution is -2.41. The van der Waals surface area contributed by atoms with Crippen LogP contribution >= 0.6 is 0 Å². The maximum Gasteiger partial charge on any atom is 0.227 e. The molecule has 0 aliphatic carbocycles. The number of hydrogen-bond donors (Lipinski definition) is 0. The van der Waals surface area contributed by atoms with E-state index in [0.29, 0.717) is 17.0 Å². The summed E-state index contributed by atoms with van der Waals surface area (Å²) >= 11 is 0. The standard InChI is InChI=1S/C25H21F3N2O4S/c1-34-24-10-16(6-8-29-24)14-30(20-7-9-35(32,33)15-20)25(31)13-19-3-2-17(11-22(19)27)18-4-5-21(26)23(28)12-18/h2-12,20H,13-15H2,1H3. The number of nitrogens with zero attached hydrogens (tertiary/aromatic N) is 2. The average molecular weight is 503 g/mol. The van der Waals surface area contributed by atoms with Gasteiger partial charge in [0.15, 0.2) is 21.5 Å². The van der Waals surface area contributed by atoms with Gasteiger partial charge in [-0.3, -0.25) is 4.79 Å². The highest BCUT2D eigenvalue weighted by Gasteiger charge is 2.31. The Morgan fingerprint density at radius 2 is 1.74 bits per heavy atom. The fourth-order valence-corrected chi connectivity index (χ4v) is 5.11. The third-order valence-electron chi connectivity index (χ3n) is 5.64. The zero-order valence-electron chi connectivity index (χ0n) is 18.6.